The predicted molar refractivity (Wildman–Crippen MR) is 124 cm³/mol. The molecule has 2 heterocycles. The minimum Gasteiger partial charge on any atom is -0.356 e. The van der Waals surface area contributed by atoms with E-state index in [-0.39, 0.29) is 0 Å². The maximum atomic E-state index is 4.41. The molecule has 0 amide bonds. The van der Waals surface area contributed by atoms with E-state index < -0.39 is 0 Å². The Labute approximate surface area is 178 Å². The highest BCUT2D eigenvalue weighted by Gasteiger charge is 2.22. The highest BCUT2D eigenvalue weighted by Crippen LogP contribution is 2.16. The van der Waals surface area contributed by atoms with Gasteiger partial charge in [-0.05, 0) is 75.7 Å². The molecule has 1 aromatic rings. The van der Waals surface area contributed by atoms with Crippen LogP contribution in [0.5, 0.6) is 0 Å². The van der Waals surface area contributed by atoms with Gasteiger partial charge in [-0.25, -0.2) is 0 Å². The van der Waals surface area contributed by atoms with Crippen molar-refractivity contribution < 1.29 is 0 Å². The van der Waals surface area contributed by atoms with Crippen molar-refractivity contribution in [2.24, 2.45) is 16.8 Å². The number of aliphatic imine (C=N–C) groups is 1. The van der Waals surface area contributed by atoms with Crippen molar-refractivity contribution in [2.75, 3.05) is 59.4 Å². The summed E-state index contributed by atoms with van der Waals surface area (Å²) >= 11 is 0. The second-order valence-corrected chi connectivity index (χ2v) is 8.95. The topological polar surface area (TPSA) is 42.9 Å². The standard InChI is InChI=1S/C24H41N5/c1-21-9-15-28(16-10-21)14-6-13-26-24(25-2)27-19-23-12-18-29(20-23)17-11-22-7-4-3-5-8-22/h3-5,7-8,21,23H,6,9-20H2,1-2H3,(H2,25,26,27). The number of nitrogens with zero attached hydrogens (tertiary/aromatic N) is 3. The molecule has 2 fully saturated rings. The molecule has 5 heteroatoms. The molecule has 0 radical (unpaired) electrons. The van der Waals surface area contributed by atoms with E-state index in [4.69, 9.17) is 0 Å². The Morgan fingerprint density at radius 3 is 2.52 bits per heavy atom. The Kier molecular flexibility index (Phi) is 9.29. The highest BCUT2D eigenvalue weighted by molar-refractivity contribution is 5.79. The van der Waals surface area contributed by atoms with Gasteiger partial charge < -0.3 is 20.4 Å². The van der Waals surface area contributed by atoms with Crippen molar-refractivity contribution in [3.63, 3.8) is 0 Å². The maximum absolute atomic E-state index is 4.41. The molecule has 5 nitrogen and oxygen atoms in total. The van der Waals surface area contributed by atoms with Crippen LogP contribution >= 0.6 is 0 Å². The van der Waals surface area contributed by atoms with Gasteiger partial charge in [0.15, 0.2) is 5.96 Å². The molecule has 0 saturated carbocycles. The maximum Gasteiger partial charge on any atom is 0.190 e. The van der Waals surface area contributed by atoms with Crippen molar-refractivity contribution in [2.45, 2.75) is 39.0 Å². The number of benzene rings is 1. The monoisotopic (exact) mass is 399 g/mol. The van der Waals surface area contributed by atoms with Crippen LogP contribution in [-0.2, 0) is 6.42 Å². The zero-order valence-electron chi connectivity index (χ0n) is 18.6. The van der Waals surface area contributed by atoms with E-state index in [9.17, 15) is 0 Å². The molecule has 29 heavy (non-hydrogen) atoms. The van der Waals surface area contributed by atoms with Crippen LogP contribution in [0.1, 0.15) is 38.2 Å². The van der Waals surface area contributed by atoms with E-state index in [0.717, 1.165) is 37.3 Å². The molecule has 0 spiro atoms. The molecule has 1 aromatic carbocycles. The van der Waals surface area contributed by atoms with Crippen molar-refractivity contribution in [3.8, 4) is 0 Å². The highest BCUT2D eigenvalue weighted by atomic mass is 15.2. The van der Waals surface area contributed by atoms with Crippen LogP contribution in [0, 0.1) is 11.8 Å². The van der Waals surface area contributed by atoms with Crippen LogP contribution in [0.2, 0.25) is 0 Å². The molecule has 0 bridgehead atoms. The zero-order valence-corrected chi connectivity index (χ0v) is 18.6. The summed E-state index contributed by atoms with van der Waals surface area (Å²) in [5, 5.41) is 7.05. The van der Waals surface area contributed by atoms with Crippen molar-refractivity contribution >= 4 is 5.96 Å². The van der Waals surface area contributed by atoms with Gasteiger partial charge in [0.25, 0.3) is 0 Å². The van der Waals surface area contributed by atoms with Crippen LogP contribution < -0.4 is 10.6 Å². The van der Waals surface area contributed by atoms with Crippen LogP contribution in [0.4, 0.5) is 0 Å². The van der Waals surface area contributed by atoms with Gasteiger partial charge in [-0.3, -0.25) is 4.99 Å². The molecule has 1 unspecified atom stereocenters. The van der Waals surface area contributed by atoms with Crippen LogP contribution in [-0.4, -0.2) is 75.2 Å². The summed E-state index contributed by atoms with van der Waals surface area (Å²) in [5.74, 6) is 2.59. The van der Waals surface area contributed by atoms with Crippen molar-refractivity contribution in [3.05, 3.63) is 35.9 Å². The summed E-state index contributed by atoms with van der Waals surface area (Å²) in [6.07, 6.45) is 6.35. The predicted octanol–water partition coefficient (Wildman–Crippen LogP) is 2.84. The molecule has 2 aliphatic rings. The number of piperidine rings is 1. The van der Waals surface area contributed by atoms with Gasteiger partial charge in [0.1, 0.15) is 0 Å². The first kappa shape index (κ1) is 22.1. The first-order valence-corrected chi connectivity index (χ1v) is 11.7. The Morgan fingerprint density at radius 2 is 1.76 bits per heavy atom. The third kappa shape index (κ3) is 7.98. The van der Waals surface area contributed by atoms with Crippen LogP contribution in [0.15, 0.2) is 35.3 Å². The van der Waals surface area contributed by atoms with E-state index in [1.807, 2.05) is 7.05 Å². The summed E-state index contributed by atoms with van der Waals surface area (Å²) in [4.78, 5) is 9.62. The lowest BCUT2D eigenvalue weighted by molar-refractivity contribution is 0.191. The van der Waals surface area contributed by atoms with E-state index >= 15 is 0 Å². The lowest BCUT2D eigenvalue weighted by Gasteiger charge is -2.30. The number of guanidine groups is 1. The number of hydrogen-bond acceptors (Lipinski definition) is 3. The van der Waals surface area contributed by atoms with Crippen molar-refractivity contribution in [1.82, 2.24) is 20.4 Å². The number of rotatable bonds is 9. The van der Waals surface area contributed by atoms with E-state index in [0.29, 0.717) is 0 Å². The summed E-state index contributed by atoms with van der Waals surface area (Å²) in [6.45, 7) is 11.7. The summed E-state index contributed by atoms with van der Waals surface area (Å²) < 4.78 is 0. The minimum absolute atomic E-state index is 0.722. The normalized spacial score (nSPS) is 22.1. The fourth-order valence-corrected chi connectivity index (χ4v) is 4.47. The SMILES string of the molecule is CN=C(NCCCN1CCC(C)CC1)NCC1CCN(CCc2ccccc2)C1. The minimum atomic E-state index is 0.722. The second-order valence-electron chi connectivity index (χ2n) is 8.95. The van der Waals surface area contributed by atoms with Gasteiger partial charge in [0, 0.05) is 33.2 Å². The second kappa shape index (κ2) is 12.2. The third-order valence-corrected chi connectivity index (χ3v) is 6.53. The Balaban J connectivity index is 1.25. The first-order valence-electron chi connectivity index (χ1n) is 11.7. The molecule has 1 atom stereocenters. The molecule has 0 aromatic heterocycles. The average molecular weight is 400 g/mol. The zero-order chi connectivity index (χ0) is 20.3. The fourth-order valence-electron chi connectivity index (χ4n) is 4.47. The average Bonchev–Trinajstić information content (AvgIpc) is 3.22. The molecular formula is C24H41N5. The number of nitrogens with one attached hydrogen (secondary N) is 2. The molecule has 162 valence electrons. The van der Waals surface area contributed by atoms with Crippen LogP contribution in [0.25, 0.3) is 0 Å². The van der Waals surface area contributed by atoms with E-state index in [1.54, 1.807) is 0 Å². The molecular weight excluding hydrogens is 358 g/mol. The van der Waals surface area contributed by atoms with Gasteiger partial charge in [-0.15, -0.1) is 0 Å². The van der Waals surface area contributed by atoms with E-state index in [1.165, 1.54) is 70.5 Å². The summed E-state index contributed by atoms with van der Waals surface area (Å²) in [7, 11) is 1.88. The summed E-state index contributed by atoms with van der Waals surface area (Å²) in [6, 6.07) is 10.8. The molecule has 2 aliphatic heterocycles. The summed E-state index contributed by atoms with van der Waals surface area (Å²) in [5.41, 5.74) is 1.44. The molecule has 2 saturated heterocycles. The number of likely N-dealkylation sites (tertiary alicyclic amines) is 2. The Bertz CT molecular complexity index is 595. The third-order valence-electron chi connectivity index (χ3n) is 6.53. The first-order chi connectivity index (χ1) is 14.2. The Morgan fingerprint density at radius 1 is 1.00 bits per heavy atom. The Hall–Kier alpha value is -1.59. The van der Waals surface area contributed by atoms with Gasteiger partial charge in [-0.1, -0.05) is 37.3 Å². The lowest BCUT2D eigenvalue weighted by atomic mass is 9.99. The molecule has 3 rings (SSSR count). The quantitative estimate of drug-likeness (QED) is 0.381. The van der Waals surface area contributed by atoms with Crippen molar-refractivity contribution in [1.29, 1.82) is 0 Å². The lowest BCUT2D eigenvalue weighted by Crippen LogP contribution is -2.41. The molecule has 0 aliphatic carbocycles. The molecule has 2 N–H and O–H groups in total. The fraction of sp³-hybridized carbons (Fsp3) is 0.708. The van der Waals surface area contributed by atoms with E-state index in [2.05, 4.69) is 62.7 Å². The number of hydrogen-bond donors (Lipinski definition) is 2. The van der Waals surface area contributed by atoms with Gasteiger partial charge >= 0.3 is 0 Å². The van der Waals surface area contributed by atoms with Gasteiger partial charge in [-0.2, -0.15) is 0 Å². The largest absolute Gasteiger partial charge is 0.356 e. The smallest absolute Gasteiger partial charge is 0.190 e. The van der Waals surface area contributed by atoms with Crippen LogP contribution in [0.3, 0.4) is 0 Å². The van der Waals surface area contributed by atoms with Gasteiger partial charge in [0.05, 0.1) is 0 Å². The van der Waals surface area contributed by atoms with Gasteiger partial charge in [0.2, 0.25) is 0 Å².